The molecule has 1 N–H and O–H groups in total. The number of alkyl halides is 1. The molecule has 88 valence electrons. The molecule has 2 heteroatoms. The van der Waals surface area contributed by atoms with Gasteiger partial charge in [-0.3, -0.25) is 0 Å². The summed E-state index contributed by atoms with van der Waals surface area (Å²) in [6, 6.07) is 8.81. The maximum atomic E-state index is 13.6. The van der Waals surface area contributed by atoms with Gasteiger partial charge in [0.05, 0.1) is 0 Å². The second-order valence-electron chi connectivity index (χ2n) is 5.29. The van der Waals surface area contributed by atoms with Crippen LogP contribution in [0, 0.1) is 0 Å². The van der Waals surface area contributed by atoms with Crippen molar-refractivity contribution in [3.05, 3.63) is 35.4 Å². The minimum absolute atomic E-state index is 0.475. The average Bonchev–Trinajstić information content (AvgIpc) is 2.68. The highest BCUT2D eigenvalue weighted by molar-refractivity contribution is 5.27. The second kappa shape index (κ2) is 4.54. The molecule has 0 radical (unpaired) electrons. The van der Waals surface area contributed by atoms with Crippen LogP contribution in [-0.4, -0.2) is 12.2 Å². The Bertz CT molecular complexity index is 348. The molecule has 1 aromatic carbocycles. The van der Waals surface area contributed by atoms with E-state index in [2.05, 4.69) is 17.4 Å². The smallest absolute Gasteiger partial charge is 0.109 e. The van der Waals surface area contributed by atoms with E-state index >= 15 is 0 Å². The van der Waals surface area contributed by atoms with Crippen molar-refractivity contribution in [2.45, 2.75) is 44.8 Å². The molecule has 1 unspecified atom stereocenters. The minimum Gasteiger partial charge on any atom is -0.310 e. The molecule has 1 aromatic rings. The maximum absolute atomic E-state index is 13.6. The third kappa shape index (κ3) is 3.05. The first-order valence-electron chi connectivity index (χ1n) is 6.06. The molecule has 1 aliphatic rings. The zero-order valence-corrected chi connectivity index (χ0v) is 10.1. The summed E-state index contributed by atoms with van der Waals surface area (Å²) in [5.41, 5.74) is 1.28. The lowest BCUT2D eigenvalue weighted by molar-refractivity contribution is 0.217. The van der Waals surface area contributed by atoms with E-state index < -0.39 is 5.67 Å². The van der Waals surface area contributed by atoms with Gasteiger partial charge >= 0.3 is 0 Å². The van der Waals surface area contributed by atoms with Gasteiger partial charge in [0.1, 0.15) is 5.67 Å². The maximum Gasteiger partial charge on any atom is 0.109 e. The fraction of sp³-hybridized carbons (Fsp3) is 0.571. The van der Waals surface area contributed by atoms with Crippen molar-refractivity contribution < 1.29 is 4.39 Å². The molecule has 0 spiro atoms. The fourth-order valence-corrected chi connectivity index (χ4v) is 2.37. The number of hydrogen-bond donors (Lipinski definition) is 1. The van der Waals surface area contributed by atoms with Gasteiger partial charge in [0.15, 0.2) is 0 Å². The van der Waals surface area contributed by atoms with Crippen LogP contribution < -0.4 is 5.32 Å². The lowest BCUT2D eigenvalue weighted by Gasteiger charge is -2.16. The van der Waals surface area contributed by atoms with Crippen molar-refractivity contribution in [1.82, 2.24) is 5.32 Å². The molecule has 0 aromatic heterocycles. The van der Waals surface area contributed by atoms with Crippen LogP contribution in [0.25, 0.3) is 0 Å². The Morgan fingerprint density at radius 2 is 2.25 bits per heavy atom. The van der Waals surface area contributed by atoms with Crippen molar-refractivity contribution in [2.75, 3.05) is 6.54 Å². The third-order valence-corrected chi connectivity index (χ3v) is 3.04. The zero-order valence-electron chi connectivity index (χ0n) is 10.1. The number of nitrogens with one attached hydrogen (secondary N) is 1. The summed E-state index contributed by atoms with van der Waals surface area (Å²) >= 11 is 0. The standard InChI is InChI=1S/C14H20FN/c1-14(2,15)10-11-5-3-6-12(9-11)13-7-4-8-16-13/h3,5-6,9,13,16H,4,7-8,10H2,1-2H3. The second-order valence-corrected chi connectivity index (χ2v) is 5.29. The third-order valence-electron chi connectivity index (χ3n) is 3.04. The summed E-state index contributed by atoms with van der Waals surface area (Å²) in [6.07, 6.45) is 2.93. The highest BCUT2D eigenvalue weighted by Crippen LogP contribution is 2.25. The lowest BCUT2D eigenvalue weighted by Crippen LogP contribution is -2.17. The zero-order chi connectivity index (χ0) is 11.6. The first kappa shape index (κ1) is 11.6. The molecular formula is C14H20FN. The van der Waals surface area contributed by atoms with Gasteiger partial charge in [-0.2, -0.15) is 0 Å². The first-order valence-corrected chi connectivity index (χ1v) is 6.06. The number of benzene rings is 1. The normalized spacial score (nSPS) is 21.3. The minimum atomic E-state index is -1.12. The van der Waals surface area contributed by atoms with Crippen LogP contribution in [0.2, 0.25) is 0 Å². The molecule has 1 saturated heterocycles. The van der Waals surface area contributed by atoms with E-state index in [0.717, 1.165) is 12.1 Å². The molecule has 1 aliphatic heterocycles. The summed E-state index contributed by atoms with van der Waals surface area (Å²) in [6.45, 7) is 4.37. The van der Waals surface area contributed by atoms with E-state index in [1.807, 2.05) is 12.1 Å². The molecule has 16 heavy (non-hydrogen) atoms. The van der Waals surface area contributed by atoms with E-state index in [1.165, 1.54) is 18.4 Å². The van der Waals surface area contributed by atoms with Crippen LogP contribution in [0.3, 0.4) is 0 Å². The number of halogens is 1. The van der Waals surface area contributed by atoms with Gasteiger partial charge in [-0.1, -0.05) is 24.3 Å². The molecule has 0 bridgehead atoms. The van der Waals surface area contributed by atoms with Crippen molar-refractivity contribution in [3.8, 4) is 0 Å². The van der Waals surface area contributed by atoms with E-state index in [9.17, 15) is 4.39 Å². The van der Waals surface area contributed by atoms with Gasteiger partial charge in [-0.15, -0.1) is 0 Å². The van der Waals surface area contributed by atoms with Crippen molar-refractivity contribution in [1.29, 1.82) is 0 Å². The highest BCUT2D eigenvalue weighted by Gasteiger charge is 2.19. The largest absolute Gasteiger partial charge is 0.310 e. The van der Waals surface area contributed by atoms with E-state index in [0.29, 0.717) is 12.5 Å². The molecule has 1 heterocycles. The summed E-state index contributed by atoms with van der Waals surface area (Å²) in [7, 11) is 0. The number of hydrogen-bond acceptors (Lipinski definition) is 1. The van der Waals surface area contributed by atoms with Crippen LogP contribution in [0.5, 0.6) is 0 Å². The van der Waals surface area contributed by atoms with Crippen LogP contribution >= 0.6 is 0 Å². The summed E-state index contributed by atoms with van der Waals surface area (Å²) < 4.78 is 13.6. The Hall–Kier alpha value is -0.890. The van der Waals surface area contributed by atoms with Crippen LogP contribution in [0.1, 0.15) is 43.9 Å². The predicted molar refractivity (Wildman–Crippen MR) is 65.3 cm³/mol. The van der Waals surface area contributed by atoms with Gasteiger partial charge in [0, 0.05) is 12.5 Å². The molecule has 0 amide bonds. The Morgan fingerprint density at radius 1 is 1.44 bits per heavy atom. The van der Waals surface area contributed by atoms with E-state index in [4.69, 9.17) is 0 Å². The molecule has 2 rings (SSSR count). The highest BCUT2D eigenvalue weighted by atomic mass is 19.1. The summed E-state index contributed by atoms with van der Waals surface area (Å²) in [4.78, 5) is 0. The quantitative estimate of drug-likeness (QED) is 0.825. The Kier molecular flexibility index (Phi) is 3.29. The molecule has 0 saturated carbocycles. The molecule has 1 atom stereocenters. The van der Waals surface area contributed by atoms with Crippen molar-refractivity contribution in [3.63, 3.8) is 0 Å². The monoisotopic (exact) mass is 221 g/mol. The van der Waals surface area contributed by atoms with E-state index in [-0.39, 0.29) is 0 Å². The molecule has 1 nitrogen and oxygen atoms in total. The van der Waals surface area contributed by atoms with Crippen LogP contribution in [0.4, 0.5) is 4.39 Å². The van der Waals surface area contributed by atoms with Gasteiger partial charge in [0.2, 0.25) is 0 Å². The first-order chi connectivity index (χ1) is 7.54. The lowest BCUT2D eigenvalue weighted by atomic mass is 9.96. The van der Waals surface area contributed by atoms with Crippen molar-refractivity contribution in [2.24, 2.45) is 0 Å². The summed E-state index contributed by atoms with van der Waals surface area (Å²) in [5, 5.41) is 3.47. The Labute approximate surface area is 97.1 Å². The van der Waals surface area contributed by atoms with Crippen LogP contribution in [0.15, 0.2) is 24.3 Å². The molecule has 0 aliphatic carbocycles. The number of rotatable bonds is 3. The van der Waals surface area contributed by atoms with Gasteiger partial charge < -0.3 is 5.32 Å². The van der Waals surface area contributed by atoms with Crippen LogP contribution in [-0.2, 0) is 6.42 Å². The van der Waals surface area contributed by atoms with E-state index in [1.54, 1.807) is 13.8 Å². The molecular weight excluding hydrogens is 201 g/mol. The fourth-order valence-electron chi connectivity index (χ4n) is 2.37. The van der Waals surface area contributed by atoms with Crippen molar-refractivity contribution >= 4 is 0 Å². The Balaban J connectivity index is 2.12. The van der Waals surface area contributed by atoms with Gasteiger partial charge in [-0.05, 0) is 44.4 Å². The predicted octanol–water partition coefficient (Wildman–Crippen LogP) is 3.40. The molecule has 1 fully saturated rings. The van der Waals surface area contributed by atoms with Gasteiger partial charge in [0.25, 0.3) is 0 Å². The topological polar surface area (TPSA) is 12.0 Å². The Morgan fingerprint density at radius 3 is 2.88 bits per heavy atom. The van der Waals surface area contributed by atoms with Gasteiger partial charge in [-0.25, -0.2) is 4.39 Å². The summed E-state index contributed by atoms with van der Waals surface area (Å²) in [5.74, 6) is 0. The SMILES string of the molecule is CC(C)(F)Cc1cccc(C2CCCN2)c1. The average molecular weight is 221 g/mol.